The largest absolute Gasteiger partial charge is 0.0843 e. The molecule has 0 amide bonds. The van der Waals surface area contributed by atoms with E-state index in [1.165, 1.54) is 11.1 Å². The van der Waals surface area contributed by atoms with Crippen molar-refractivity contribution >= 4 is 17.2 Å². The van der Waals surface area contributed by atoms with E-state index in [1.54, 1.807) is 0 Å². The standard InChI is InChI=1S/C11H13Cl/c1-3-4-9(2)10-5-7-11(12)8-6-10/h4-8H,3H2,1-2H3. The Morgan fingerprint density at radius 2 is 1.92 bits per heavy atom. The topological polar surface area (TPSA) is 0 Å². The summed E-state index contributed by atoms with van der Waals surface area (Å²) >= 11 is 5.77. The quantitative estimate of drug-likeness (QED) is 0.642. The molecule has 0 spiro atoms. The van der Waals surface area contributed by atoms with E-state index in [0.29, 0.717) is 0 Å². The Kier molecular flexibility index (Phi) is 3.36. The van der Waals surface area contributed by atoms with Crippen LogP contribution in [-0.4, -0.2) is 0 Å². The van der Waals surface area contributed by atoms with Gasteiger partial charge in [0.05, 0.1) is 0 Å². The first kappa shape index (κ1) is 9.34. The summed E-state index contributed by atoms with van der Waals surface area (Å²) in [5.41, 5.74) is 2.57. The third kappa shape index (κ3) is 2.38. The number of hydrogen-bond donors (Lipinski definition) is 0. The third-order valence-corrected chi connectivity index (χ3v) is 2.06. The minimum absolute atomic E-state index is 0.794. The first-order chi connectivity index (χ1) is 5.74. The van der Waals surface area contributed by atoms with Crippen molar-refractivity contribution in [3.63, 3.8) is 0 Å². The predicted octanol–water partition coefficient (Wildman–Crippen LogP) is 4.15. The highest BCUT2D eigenvalue weighted by Gasteiger charge is 1.93. The van der Waals surface area contributed by atoms with Crippen LogP contribution in [0.3, 0.4) is 0 Å². The van der Waals surface area contributed by atoms with Crippen LogP contribution in [0.15, 0.2) is 30.3 Å². The van der Waals surface area contributed by atoms with Crippen LogP contribution >= 0.6 is 11.6 Å². The van der Waals surface area contributed by atoms with E-state index in [2.05, 4.69) is 19.9 Å². The Bertz CT molecular complexity index is 270. The van der Waals surface area contributed by atoms with E-state index in [4.69, 9.17) is 11.6 Å². The molecule has 0 aliphatic rings. The minimum atomic E-state index is 0.794. The molecule has 1 aromatic carbocycles. The van der Waals surface area contributed by atoms with Crippen molar-refractivity contribution in [1.82, 2.24) is 0 Å². The van der Waals surface area contributed by atoms with Gasteiger partial charge in [-0.3, -0.25) is 0 Å². The predicted molar refractivity (Wildman–Crippen MR) is 55.4 cm³/mol. The Morgan fingerprint density at radius 3 is 2.42 bits per heavy atom. The van der Waals surface area contributed by atoms with Crippen molar-refractivity contribution in [1.29, 1.82) is 0 Å². The average molecular weight is 181 g/mol. The molecule has 0 saturated carbocycles. The van der Waals surface area contributed by atoms with Crippen molar-refractivity contribution in [3.8, 4) is 0 Å². The van der Waals surface area contributed by atoms with Gasteiger partial charge >= 0.3 is 0 Å². The van der Waals surface area contributed by atoms with Crippen LogP contribution in [0.1, 0.15) is 25.8 Å². The smallest absolute Gasteiger partial charge is 0.0406 e. The first-order valence-corrected chi connectivity index (χ1v) is 4.54. The molecule has 0 radical (unpaired) electrons. The highest BCUT2D eigenvalue weighted by atomic mass is 35.5. The number of benzene rings is 1. The summed E-state index contributed by atoms with van der Waals surface area (Å²) in [6, 6.07) is 7.93. The zero-order valence-corrected chi connectivity index (χ0v) is 8.23. The lowest BCUT2D eigenvalue weighted by Crippen LogP contribution is -1.77. The van der Waals surface area contributed by atoms with Crippen molar-refractivity contribution in [2.45, 2.75) is 20.3 Å². The van der Waals surface area contributed by atoms with E-state index >= 15 is 0 Å². The van der Waals surface area contributed by atoms with Crippen molar-refractivity contribution < 1.29 is 0 Å². The summed E-state index contributed by atoms with van der Waals surface area (Å²) in [4.78, 5) is 0. The maximum Gasteiger partial charge on any atom is 0.0406 e. The van der Waals surface area contributed by atoms with Gasteiger partial charge in [-0.2, -0.15) is 0 Å². The third-order valence-electron chi connectivity index (χ3n) is 1.81. The molecule has 0 N–H and O–H groups in total. The fourth-order valence-corrected chi connectivity index (χ4v) is 1.26. The molecule has 0 bridgehead atoms. The van der Waals surface area contributed by atoms with E-state index in [0.717, 1.165) is 11.4 Å². The Labute approximate surface area is 78.9 Å². The SMILES string of the molecule is CCC=C(C)c1ccc(Cl)cc1. The summed E-state index contributed by atoms with van der Waals surface area (Å²) in [6.45, 7) is 4.26. The van der Waals surface area contributed by atoms with Crippen molar-refractivity contribution in [3.05, 3.63) is 40.9 Å². The summed E-state index contributed by atoms with van der Waals surface area (Å²) in [5.74, 6) is 0. The van der Waals surface area contributed by atoms with E-state index < -0.39 is 0 Å². The van der Waals surface area contributed by atoms with Crippen LogP contribution < -0.4 is 0 Å². The second kappa shape index (κ2) is 4.32. The maximum absolute atomic E-state index is 5.77. The molecule has 0 atom stereocenters. The van der Waals surface area contributed by atoms with Gasteiger partial charge in [0.2, 0.25) is 0 Å². The summed E-state index contributed by atoms with van der Waals surface area (Å²) < 4.78 is 0. The molecule has 0 heterocycles. The van der Waals surface area contributed by atoms with Gasteiger partial charge in [-0.25, -0.2) is 0 Å². The van der Waals surface area contributed by atoms with Crippen molar-refractivity contribution in [2.24, 2.45) is 0 Å². The van der Waals surface area contributed by atoms with Gasteiger partial charge in [0.15, 0.2) is 0 Å². The van der Waals surface area contributed by atoms with E-state index in [-0.39, 0.29) is 0 Å². The zero-order valence-electron chi connectivity index (χ0n) is 7.47. The van der Waals surface area contributed by atoms with Gasteiger partial charge in [0.1, 0.15) is 0 Å². The van der Waals surface area contributed by atoms with Crippen LogP contribution in [0, 0.1) is 0 Å². The van der Waals surface area contributed by atoms with Crippen molar-refractivity contribution in [2.75, 3.05) is 0 Å². The Hall–Kier alpha value is -0.750. The zero-order chi connectivity index (χ0) is 8.97. The highest BCUT2D eigenvalue weighted by molar-refractivity contribution is 6.30. The number of rotatable bonds is 2. The molecule has 12 heavy (non-hydrogen) atoms. The molecule has 64 valence electrons. The molecule has 0 aliphatic heterocycles. The fourth-order valence-electron chi connectivity index (χ4n) is 1.14. The molecule has 0 aliphatic carbocycles. The maximum atomic E-state index is 5.77. The van der Waals surface area contributed by atoms with Crippen LogP contribution in [-0.2, 0) is 0 Å². The average Bonchev–Trinajstić information content (AvgIpc) is 2.06. The van der Waals surface area contributed by atoms with Crippen LogP contribution in [0.2, 0.25) is 5.02 Å². The second-order valence-corrected chi connectivity index (χ2v) is 3.24. The summed E-state index contributed by atoms with van der Waals surface area (Å²) in [6.07, 6.45) is 3.29. The number of hydrogen-bond acceptors (Lipinski definition) is 0. The van der Waals surface area contributed by atoms with Crippen LogP contribution in [0.4, 0.5) is 0 Å². The molecular formula is C11H13Cl. The lowest BCUT2D eigenvalue weighted by molar-refractivity contribution is 1.22. The van der Waals surface area contributed by atoms with Gasteiger partial charge in [0.25, 0.3) is 0 Å². The minimum Gasteiger partial charge on any atom is -0.0843 e. The molecule has 0 nitrogen and oxygen atoms in total. The molecule has 0 aromatic heterocycles. The number of halogens is 1. The Balaban J connectivity index is 2.89. The molecule has 1 rings (SSSR count). The van der Waals surface area contributed by atoms with Gasteiger partial charge in [-0.05, 0) is 36.6 Å². The molecule has 1 aromatic rings. The van der Waals surface area contributed by atoms with E-state index in [9.17, 15) is 0 Å². The lowest BCUT2D eigenvalue weighted by atomic mass is 10.1. The molecule has 0 fully saturated rings. The van der Waals surface area contributed by atoms with Gasteiger partial charge in [0, 0.05) is 5.02 Å². The molecule has 1 heteroatoms. The van der Waals surface area contributed by atoms with Crippen LogP contribution in [0.25, 0.3) is 5.57 Å². The second-order valence-electron chi connectivity index (χ2n) is 2.80. The molecule has 0 unspecified atom stereocenters. The monoisotopic (exact) mass is 180 g/mol. The fraction of sp³-hybridized carbons (Fsp3) is 0.273. The summed E-state index contributed by atoms with van der Waals surface area (Å²) in [7, 11) is 0. The van der Waals surface area contributed by atoms with Gasteiger partial charge in [-0.15, -0.1) is 0 Å². The number of allylic oxidation sites excluding steroid dienone is 2. The lowest BCUT2D eigenvalue weighted by Gasteiger charge is -2.00. The normalized spacial score (nSPS) is 11.8. The van der Waals surface area contributed by atoms with Gasteiger partial charge in [-0.1, -0.05) is 36.7 Å². The Morgan fingerprint density at radius 1 is 1.33 bits per heavy atom. The molecule has 0 saturated heterocycles. The summed E-state index contributed by atoms with van der Waals surface area (Å²) in [5, 5.41) is 0.794. The van der Waals surface area contributed by atoms with Crippen LogP contribution in [0.5, 0.6) is 0 Å². The first-order valence-electron chi connectivity index (χ1n) is 4.16. The molecular weight excluding hydrogens is 168 g/mol. The highest BCUT2D eigenvalue weighted by Crippen LogP contribution is 2.17. The van der Waals surface area contributed by atoms with E-state index in [1.807, 2.05) is 24.3 Å². The van der Waals surface area contributed by atoms with Gasteiger partial charge < -0.3 is 0 Å².